The van der Waals surface area contributed by atoms with Gasteiger partial charge in [0.05, 0.1) is 11.6 Å². The third-order valence-corrected chi connectivity index (χ3v) is 8.21. The molecule has 6 rings (SSSR count). The van der Waals surface area contributed by atoms with Gasteiger partial charge in [-0.15, -0.1) is 0 Å². The smallest absolute Gasteiger partial charge is 0.410 e. The van der Waals surface area contributed by atoms with E-state index in [1.807, 2.05) is 42.2 Å². The summed E-state index contributed by atoms with van der Waals surface area (Å²) in [5.41, 5.74) is 6.72. The van der Waals surface area contributed by atoms with Crippen molar-refractivity contribution in [2.45, 2.75) is 50.6 Å². The van der Waals surface area contributed by atoms with Crippen molar-refractivity contribution in [1.29, 1.82) is 5.26 Å². The van der Waals surface area contributed by atoms with Gasteiger partial charge in [-0.25, -0.2) is 4.79 Å². The van der Waals surface area contributed by atoms with Crippen LogP contribution in [0, 0.1) is 24.2 Å². The van der Waals surface area contributed by atoms with Gasteiger partial charge in [-0.1, -0.05) is 54.6 Å². The zero-order chi connectivity index (χ0) is 24.8. The summed E-state index contributed by atoms with van der Waals surface area (Å²) in [6, 6.07) is 24.3. The minimum absolute atomic E-state index is 0.00401. The van der Waals surface area contributed by atoms with Crippen molar-refractivity contribution in [2.24, 2.45) is 5.92 Å². The molecule has 2 aliphatic heterocycles. The molecule has 2 unspecified atom stereocenters. The molecule has 1 aliphatic carbocycles. The Bertz CT molecular complexity index is 1350. The van der Waals surface area contributed by atoms with Gasteiger partial charge in [-0.05, 0) is 72.6 Å². The van der Waals surface area contributed by atoms with Gasteiger partial charge in [0.25, 0.3) is 0 Å². The average Bonchev–Trinajstić information content (AvgIpc) is 3.37. The number of rotatable bonds is 4. The van der Waals surface area contributed by atoms with Gasteiger partial charge < -0.3 is 9.64 Å². The number of carbonyl (C=O) groups is 2. The molecule has 1 amide bonds. The van der Waals surface area contributed by atoms with Crippen LogP contribution in [0.5, 0.6) is 0 Å². The van der Waals surface area contributed by atoms with E-state index in [0.717, 1.165) is 18.4 Å². The molecule has 0 radical (unpaired) electrons. The standard InChI is InChI=1S/C31H28N2O3/c1-19-10-13-24(21(14-19)17-32)30(34)20-15-22-11-12-23(16-20)33(22)31(35)36-18-29-27-8-4-2-6-25(27)26-7-3-5-9-28(26)29/h2-10,13-14,20,22-23,29H,11-12,15-16,18H2,1H3. The Hall–Kier alpha value is -3.91. The van der Waals surface area contributed by atoms with Crippen molar-refractivity contribution < 1.29 is 14.3 Å². The summed E-state index contributed by atoms with van der Waals surface area (Å²) in [6.45, 7) is 2.22. The number of nitrogens with zero attached hydrogens (tertiary/aromatic N) is 2. The van der Waals surface area contributed by atoms with Crippen LogP contribution < -0.4 is 0 Å². The second-order valence-corrected chi connectivity index (χ2v) is 10.3. The highest BCUT2D eigenvalue weighted by Crippen LogP contribution is 2.45. The average molecular weight is 477 g/mol. The topological polar surface area (TPSA) is 70.4 Å². The minimum atomic E-state index is -0.275. The SMILES string of the molecule is Cc1ccc(C(=O)C2CC3CCC(C2)N3C(=O)OCC2c3ccccc3-c3ccccc32)c(C#N)c1. The predicted molar refractivity (Wildman–Crippen MR) is 137 cm³/mol. The lowest BCUT2D eigenvalue weighted by Crippen LogP contribution is -2.48. The Labute approximate surface area is 211 Å². The first-order valence-corrected chi connectivity index (χ1v) is 12.7. The fraction of sp³-hybridized carbons (Fsp3) is 0.323. The monoisotopic (exact) mass is 476 g/mol. The lowest BCUT2D eigenvalue weighted by atomic mass is 9.83. The fourth-order valence-electron chi connectivity index (χ4n) is 6.54. The van der Waals surface area contributed by atoms with Crippen LogP contribution in [0.25, 0.3) is 11.1 Å². The summed E-state index contributed by atoms with van der Waals surface area (Å²) in [5.74, 6) is -0.116. The first-order valence-electron chi connectivity index (χ1n) is 12.7. The zero-order valence-electron chi connectivity index (χ0n) is 20.3. The molecular formula is C31H28N2O3. The molecule has 2 saturated heterocycles. The summed E-state index contributed by atoms with van der Waals surface area (Å²) in [5, 5.41) is 9.52. The molecule has 2 fully saturated rings. The quantitative estimate of drug-likeness (QED) is 0.418. The molecule has 3 aromatic carbocycles. The van der Waals surface area contributed by atoms with Crippen LogP contribution in [-0.2, 0) is 4.74 Å². The number of amides is 1. The number of ketones is 1. The molecule has 2 heterocycles. The number of hydrogen-bond acceptors (Lipinski definition) is 4. The van der Waals surface area contributed by atoms with E-state index >= 15 is 0 Å². The van der Waals surface area contributed by atoms with E-state index in [2.05, 4.69) is 30.3 Å². The number of hydrogen-bond donors (Lipinski definition) is 0. The second kappa shape index (κ2) is 8.95. The van der Waals surface area contributed by atoms with Crippen LogP contribution in [0.4, 0.5) is 4.79 Å². The lowest BCUT2D eigenvalue weighted by molar-refractivity contribution is 0.0506. The molecule has 5 heteroatoms. The zero-order valence-corrected chi connectivity index (χ0v) is 20.3. The highest BCUT2D eigenvalue weighted by atomic mass is 16.6. The Kier molecular flexibility index (Phi) is 5.60. The van der Waals surface area contributed by atoms with Crippen LogP contribution in [0.15, 0.2) is 66.7 Å². The molecule has 3 aliphatic rings. The minimum Gasteiger partial charge on any atom is -0.448 e. The fourth-order valence-corrected chi connectivity index (χ4v) is 6.54. The predicted octanol–water partition coefficient (Wildman–Crippen LogP) is 6.24. The second-order valence-electron chi connectivity index (χ2n) is 10.3. The van der Waals surface area contributed by atoms with Gasteiger partial charge in [0.2, 0.25) is 0 Å². The van der Waals surface area contributed by atoms with Gasteiger partial charge in [-0.2, -0.15) is 5.26 Å². The van der Waals surface area contributed by atoms with E-state index in [1.165, 1.54) is 22.3 Å². The largest absolute Gasteiger partial charge is 0.448 e. The summed E-state index contributed by atoms with van der Waals surface area (Å²) < 4.78 is 5.95. The number of benzene rings is 3. The molecule has 0 aromatic heterocycles. The van der Waals surface area contributed by atoms with E-state index in [4.69, 9.17) is 4.74 Å². The first kappa shape index (κ1) is 22.5. The van der Waals surface area contributed by atoms with Gasteiger partial charge in [0.1, 0.15) is 6.61 Å². The summed E-state index contributed by atoms with van der Waals surface area (Å²) >= 11 is 0. The van der Waals surface area contributed by atoms with Crippen molar-refractivity contribution >= 4 is 11.9 Å². The van der Waals surface area contributed by atoms with Crippen LogP contribution in [0.3, 0.4) is 0 Å². The number of fused-ring (bicyclic) bond motifs is 5. The number of Topliss-reactive ketones (excluding diaryl/α,β-unsaturated/α-hetero) is 1. The molecule has 5 nitrogen and oxygen atoms in total. The van der Waals surface area contributed by atoms with E-state index < -0.39 is 0 Å². The molecule has 2 atom stereocenters. The summed E-state index contributed by atoms with van der Waals surface area (Å²) in [7, 11) is 0. The molecule has 3 aromatic rings. The first-order chi connectivity index (χ1) is 17.5. The van der Waals surface area contributed by atoms with Crippen LogP contribution in [0.1, 0.15) is 64.2 Å². The Balaban J connectivity index is 1.15. The van der Waals surface area contributed by atoms with Crippen molar-refractivity contribution in [1.82, 2.24) is 4.90 Å². The lowest BCUT2D eigenvalue weighted by Gasteiger charge is -2.38. The van der Waals surface area contributed by atoms with Gasteiger partial charge in [-0.3, -0.25) is 4.79 Å². The maximum absolute atomic E-state index is 13.3. The van der Waals surface area contributed by atoms with E-state index in [0.29, 0.717) is 30.6 Å². The molecule has 0 spiro atoms. The number of nitriles is 1. The van der Waals surface area contributed by atoms with Crippen LogP contribution in [0.2, 0.25) is 0 Å². The molecule has 180 valence electrons. The van der Waals surface area contributed by atoms with E-state index in [1.54, 1.807) is 12.1 Å². The van der Waals surface area contributed by atoms with Crippen molar-refractivity contribution in [3.8, 4) is 17.2 Å². The maximum atomic E-state index is 13.3. The Morgan fingerprint density at radius 2 is 1.56 bits per heavy atom. The van der Waals surface area contributed by atoms with Crippen LogP contribution >= 0.6 is 0 Å². The third kappa shape index (κ3) is 3.69. The number of piperidine rings is 1. The van der Waals surface area contributed by atoms with Gasteiger partial charge >= 0.3 is 6.09 Å². The highest BCUT2D eigenvalue weighted by molar-refractivity contribution is 6.00. The Morgan fingerprint density at radius 1 is 0.944 bits per heavy atom. The molecule has 0 saturated carbocycles. The Morgan fingerprint density at radius 3 is 2.17 bits per heavy atom. The molecule has 0 N–H and O–H groups in total. The number of ether oxygens (including phenoxy) is 1. The van der Waals surface area contributed by atoms with Gasteiger partial charge in [0.15, 0.2) is 5.78 Å². The van der Waals surface area contributed by atoms with Gasteiger partial charge in [0, 0.05) is 29.5 Å². The third-order valence-electron chi connectivity index (χ3n) is 8.21. The number of carbonyl (C=O) groups excluding carboxylic acids is 2. The van der Waals surface area contributed by atoms with Crippen molar-refractivity contribution in [3.63, 3.8) is 0 Å². The van der Waals surface area contributed by atoms with E-state index in [9.17, 15) is 14.9 Å². The van der Waals surface area contributed by atoms with Crippen molar-refractivity contribution in [2.75, 3.05) is 6.61 Å². The van der Waals surface area contributed by atoms with Crippen molar-refractivity contribution in [3.05, 3.63) is 94.5 Å². The normalized spacial score (nSPS) is 22.0. The molecule has 2 bridgehead atoms. The van der Waals surface area contributed by atoms with Crippen LogP contribution in [-0.4, -0.2) is 35.5 Å². The van der Waals surface area contributed by atoms with E-state index in [-0.39, 0.29) is 35.8 Å². The maximum Gasteiger partial charge on any atom is 0.410 e. The summed E-state index contributed by atoms with van der Waals surface area (Å²) in [4.78, 5) is 28.5. The summed E-state index contributed by atoms with van der Waals surface area (Å²) in [6.07, 6.45) is 2.74. The highest BCUT2D eigenvalue weighted by Gasteiger charge is 2.46. The number of aryl methyl sites for hydroxylation is 1. The molecule has 36 heavy (non-hydrogen) atoms. The molecular weight excluding hydrogens is 448 g/mol.